The molecule has 14 N–H and O–H groups in total. The number of fused-ring (bicyclic) bond motifs is 4. The van der Waals surface area contributed by atoms with Crippen molar-refractivity contribution in [3.63, 3.8) is 0 Å². The largest absolute Gasteiger partial charge is 0.545 e. The van der Waals surface area contributed by atoms with E-state index in [4.69, 9.17) is 49.3 Å². The van der Waals surface area contributed by atoms with E-state index in [1.165, 1.54) is 48.8 Å². The van der Waals surface area contributed by atoms with Gasteiger partial charge in [-0.3, -0.25) is 27.8 Å². The Balaban J connectivity index is 0.000000241. The van der Waals surface area contributed by atoms with Crippen LogP contribution in [0.2, 0.25) is 0 Å². The van der Waals surface area contributed by atoms with Gasteiger partial charge in [0.1, 0.15) is 75.0 Å². The van der Waals surface area contributed by atoms with Gasteiger partial charge >= 0.3 is 58.3 Å². The molecule has 2 aromatic heterocycles. The van der Waals surface area contributed by atoms with Gasteiger partial charge in [0, 0.05) is 132 Å². The van der Waals surface area contributed by atoms with E-state index in [2.05, 4.69) is 70.6 Å². The first-order chi connectivity index (χ1) is 58.0. The summed E-state index contributed by atoms with van der Waals surface area (Å²) in [4.78, 5) is 162. The Labute approximate surface area is 701 Å². The van der Waals surface area contributed by atoms with Crippen LogP contribution in [0.15, 0.2) is 140 Å². The summed E-state index contributed by atoms with van der Waals surface area (Å²) < 4.78 is 123. The van der Waals surface area contributed by atoms with Crippen molar-refractivity contribution in [3.8, 4) is 68.6 Å². The highest BCUT2D eigenvalue weighted by Crippen LogP contribution is 2.68. The number of carbonyl (C=O) groups excluding carboxylic acids is 4. The molecule has 2 amide bonds. The summed E-state index contributed by atoms with van der Waals surface area (Å²) in [7, 11) is -18.3. The number of hydrogen-bond donors (Lipinski definition) is 12. The number of ether oxygens (including phenoxy) is 2. The number of amides is 2. The number of phosphoric acid groups is 6. The molecule has 6 aliphatic rings. The van der Waals surface area contributed by atoms with Crippen molar-refractivity contribution in [2.75, 3.05) is 104 Å². The molecule has 4 aromatic carbocycles. The highest BCUT2D eigenvalue weighted by Gasteiger charge is 2.44. The van der Waals surface area contributed by atoms with E-state index >= 15 is 0 Å². The Hall–Kier alpha value is -11.0. The molecule has 6 heterocycles. The van der Waals surface area contributed by atoms with Gasteiger partial charge in [-0.25, -0.2) is 46.1 Å². The van der Waals surface area contributed by atoms with Crippen LogP contribution < -0.4 is 73.4 Å². The molecule has 8 atom stereocenters. The lowest BCUT2D eigenvalue weighted by molar-refractivity contribution is -0.256. The number of nitrogens with zero attached hydrogens (tertiary/aromatic N) is 8. The van der Waals surface area contributed by atoms with Crippen molar-refractivity contribution >= 4 is 116 Å². The zero-order valence-electron chi connectivity index (χ0n) is 66.3. The molecule has 44 nitrogen and oxygen atoms in total. The summed E-state index contributed by atoms with van der Waals surface area (Å²) in [6.45, 7) is -1.91. The van der Waals surface area contributed by atoms with Crippen LogP contribution in [0.5, 0.6) is 0 Å². The average molecular weight is 1830 g/mol. The van der Waals surface area contributed by atoms with Crippen molar-refractivity contribution in [2.24, 2.45) is 0 Å². The number of nitrogens with one attached hydrogen (secondary N) is 2. The van der Waals surface area contributed by atoms with Gasteiger partial charge in [-0.2, -0.15) is 27.2 Å². The molecule has 0 saturated carbocycles. The van der Waals surface area contributed by atoms with Crippen molar-refractivity contribution in [1.29, 1.82) is 0 Å². The molecule has 124 heavy (non-hydrogen) atoms. The van der Waals surface area contributed by atoms with Gasteiger partial charge in [-0.05, 0) is 97.5 Å². The van der Waals surface area contributed by atoms with Crippen LogP contribution in [0.1, 0.15) is 90.7 Å². The number of hydrogen-bond acceptors (Lipinski definition) is 30. The van der Waals surface area contributed by atoms with Crippen molar-refractivity contribution in [1.82, 2.24) is 38.9 Å². The number of nitrogens with two attached hydrogens (primary N) is 2. The fourth-order valence-electron chi connectivity index (χ4n) is 12.9. The zero-order chi connectivity index (χ0) is 90.6. The Morgan fingerprint density at radius 3 is 1.30 bits per heavy atom. The van der Waals surface area contributed by atoms with Crippen molar-refractivity contribution in [2.45, 2.75) is 50.3 Å². The van der Waals surface area contributed by atoms with Gasteiger partial charge in [-0.1, -0.05) is 35.8 Å². The maximum Gasteiger partial charge on any atom is 0.490 e. The van der Waals surface area contributed by atoms with Gasteiger partial charge < -0.3 is 109 Å². The minimum absolute atomic E-state index is 0.00405. The molecule has 656 valence electrons. The molecule has 12 rings (SSSR count). The average Bonchev–Trinajstić information content (AvgIpc) is 0.874. The number of nitrogen functional groups attached to an aromatic ring is 2. The molecular formula is C74H78N12O32P6. The minimum Gasteiger partial charge on any atom is -0.545 e. The van der Waals surface area contributed by atoms with Gasteiger partial charge in [-0.15, -0.1) is 0 Å². The summed E-state index contributed by atoms with van der Waals surface area (Å²) in [5.74, 6) is 7.16. The van der Waals surface area contributed by atoms with E-state index in [0.717, 1.165) is 31.2 Å². The molecule has 2 aliphatic carbocycles. The Morgan fingerprint density at radius 2 is 0.903 bits per heavy atom. The summed E-state index contributed by atoms with van der Waals surface area (Å²) in [5.41, 5.74) is 15.6. The monoisotopic (exact) mass is 1830 g/mol. The van der Waals surface area contributed by atoms with E-state index in [0.29, 0.717) is 61.3 Å². The highest BCUT2D eigenvalue weighted by atomic mass is 31.3. The quantitative estimate of drug-likeness (QED) is 0.0160. The fourth-order valence-corrected chi connectivity index (χ4v) is 19.0. The van der Waals surface area contributed by atoms with Gasteiger partial charge in [0.25, 0.3) is 11.8 Å². The second kappa shape index (κ2) is 37.8. The topological polar surface area (TPSA) is 637 Å². The number of aromatic carboxylic acids is 2. The molecule has 6 aromatic rings. The van der Waals surface area contributed by atoms with Crippen molar-refractivity contribution in [3.05, 3.63) is 187 Å². The molecular weight excluding hydrogens is 1750 g/mol. The molecule has 4 aliphatic heterocycles. The smallest absolute Gasteiger partial charge is 0.490 e. The SMILES string of the molecule is CN(C)c1ccc2c(-c3cc(C(=O)NCC#Cc4cn([C@H]5CC[C@@H](COP(=O)(O)OP(=O)(O)OP(=O)(O)O)O5)c(=O)nc4N)ccc3C(=O)[O-])c3ccc(=[N+](C)C)cc-3oc2c1.CN(C)c1ccc2c(-c3ccc(C(=O)NCC#Cc4cn([C@H]5CC[C@@H](COP(=O)(O)OP(=O)(O)OP(=O)(O)O)O5)c(=O)nc4N)cc3C(=O)[O-])c3ccc(=[N+](C)C)cc-3oc2c1. The van der Waals surface area contributed by atoms with Crippen molar-refractivity contribution < 1.29 is 141 Å². The zero-order valence-corrected chi connectivity index (χ0v) is 71.7. The lowest BCUT2D eigenvalue weighted by Crippen LogP contribution is -2.29. The minimum atomic E-state index is -5.72. The number of rotatable bonds is 26. The van der Waals surface area contributed by atoms with Gasteiger partial charge in [0.05, 0.1) is 73.7 Å². The fraction of sp³-hybridized carbons (Fsp3) is 0.270. The molecule has 0 spiro atoms. The number of phosphoric ester groups is 2. The van der Waals surface area contributed by atoms with Crippen LogP contribution in [0.4, 0.5) is 23.0 Å². The molecule has 50 heteroatoms. The second-order valence-electron chi connectivity index (χ2n) is 28.1. The summed E-state index contributed by atoms with van der Waals surface area (Å²) in [6, 6.07) is 30.5. The van der Waals surface area contributed by atoms with E-state index in [-0.39, 0.29) is 89.4 Å². The van der Waals surface area contributed by atoms with Crippen LogP contribution in [0, 0.1) is 23.7 Å². The predicted octanol–water partition coefficient (Wildman–Crippen LogP) is 3.21. The van der Waals surface area contributed by atoms with Crippen LogP contribution in [0.25, 0.3) is 66.8 Å². The highest BCUT2D eigenvalue weighted by molar-refractivity contribution is 7.67. The lowest BCUT2D eigenvalue weighted by Gasteiger charge is -2.20. The first-order valence-corrected chi connectivity index (χ1v) is 45.3. The summed E-state index contributed by atoms with van der Waals surface area (Å²) in [5, 5.41) is 33.4. The van der Waals surface area contributed by atoms with Crippen LogP contribution >= 0.6 is 46.9 Å². The van der Waals surface area contributed by atoms with E-state index < -0.39 is 120 Å². The predicted molar refractivity (Wildman–Crippen MR) is 438 cm³/mol. The molecule has 2 saturated heterocycles. The summed E-state index contributed by atoms with van der Waals surface area (Å²) in [6.07, 6.45) is -0.885. The number of carbonyl (C=O) groups is 4. The number of carboxylic acids is 2. The van der Waals surface area contributed by atoms with Crippen LogP contribution in [-0.4, -0.2) is 177 Å². The van der Waals surface area contributed by atoms with Crippen LogP contribution in [0.3, 0.4) is 0 Å². The maximum absolute atomic E-state index is 13.5. The van der Waals surface area contributed by atoms with Gasteiger partial charge in [0.15, 0.2) is 0 Å². The number of anilines is 4. The van der Waals surface area contributed by atoms with E-state index in [1.807, 2.05) is 148 Å². The number of benzene rings is 6. The first-order valence-electron chi connectivity index (χ1n) is 36.3. The van der Waals surface area contributed by atoms with E-state index in [1.54, 1.807) is 0 Å². The van der Waals surface area contributed by atoms with E-state index in [9.17, 15) is 85.9 Å². The Bertz CT molecular complexity index is 6610. The molecule has 0 bridgehead atoms. The third kappa shape index (κ3) is 23.5. The third-order valence-corrected chi connectivity index (χ3v) is 26.1. The third-order valence-electron chi connectivity index (χ3n) is 18.5. The standard InChI is InChI=1S/2C37H39N6O16P3/c1-41(2)23-8-12-27-30(17-23)57-31-18-24(42(3)4)9-13-28(31)33(27)29-16-21(7-11-26(29)36(45)46)35(44)39-15-5-6-22-19-43(37(47)40-34(22)38)32-14-10-25(56-32)20-55-61(51,52)59-62(53,54)58-60(48,49)50;1-41(2)23-8-12-27-30(17-23)57-31-18-24(42(3)4)9-13-28(31)33(27)26-11-7-21(16-29(26)36(45)46)35(44)39-15-5-6-22-19-43(37(47)40-34(22)38)32-14-10-25(56-32)20-55-61(51,52)59-62(53,54)58-60(48,49)50/h2*7-9,11-13,16-19,25,32H,10,14-15,20H2,1-4H3,(H7-,38,39,40,44,45,46,47,48,49,50,51,52,53,54)/t2*25-,32+/m00/s1. The number of carboxylic acid groups (broad SMARTS) is 2. The molecule has 0 radical (unpaired) electrons. The first kappa shape index (κ1) is 93.7. The number of aromatic nitrogens is 4. The second-order valence-corrected chi connectivity index (χ2v) is 37.0. The molecule has 4 unspecified atom stereocenters. The summed E-state index contributed by atoms with van der Waals surface area (Å²) >= 11 is 0. The Morgan fingerprint density at radius 1 is 0.508 bits per heavy atom. The Kier molecular flexibility index (Phi) is 28.6. The normalized spacial score (nSPS) is 17.2. The lowest BCUT2D eigenvalue weighted by atomic mass is 9.89. The maximum atomic E-state index is 13.5. The van der Waals surface area contributed by atoms with Gasteiger partial charge in [0.2, 0.25) is 10.7 Å². The van der Waals surface area contributed by atoms with Crippen LogP contribution in [-0.2, 0) is 63.2 Å². The molecule has 2 fully saturated rings.